The van der Waals surface area contributed by atoms with Crippen LogP contribution in [0.2, 0.25) is 0 Å². The van der Waals surface area contributed by atoms with Crippen LogP contribution in [-0.2, 0) is 6.42 Å². The van der Waals surface area contributed by atoms with Crippen LogP contribution in [0.1, 0.15) is 24.8 Å². The van der Waals surface area contributed by atoms with Gasteiger partial charge in [-0.3, -0.25) is 10.1 Å². The van der Waals surface area contributed by atoms with Gasteiger partial charge in [-0.2, -0.15) is 0 Å². The maximum absolute atomic E-state index is 13.0. The predicted molar refractivity (Wildman–Crippen MR) is 55.6 cm³/mol. The zero-order valence-electron chi connectivity index (χ0n) is 8.65. The molecule has 1 fully saturated rings. The molecule has 1 aromatic rings. The van der Waals surface area contributed by atoms with Gasteiger partial charge in [0.25, 0.3) is 5.69 Å². The first-order valence-corrected chi connectivity index (χ1v) is 5.15. The summed E-state index contributed by atoms with van der Waals surface area (Å²) < 4.78 is 13.0. The van der Waals surface area contributed by atoms with E-state index in [1.165, 1.54) is 12.1 Å². The minimum atomic E-state index is -0.666. The van der Waals surface area contributed by atoms with Gasteiger partial charge in [-0.05, 0) is 37.8 Å². The summed E-state index contributed by atoms with van der Waals surface area (Å²) in [5.41, 5.74) is -0.392. The van der Waals surface area contributed by atoms with Crippen LogP contribution in [0.4, 0.5) is 10.1 Å². The Morgan fingerprint density at radius 3 is 2.75 bits per heavy atom. The minimum absolute atomic E-state index is 0.0781. The highest BCUT2D eigenvalue weighted by atomic mass is 19.1. The molecule has 16 heavy (non-hydrogen) atoms. The molecule has 1 aliphatic rings. The molecule has 4 nitrogen and oxygen atoms in total. The molecule has 0 aliphatic heterocycles. The van der Waals surface area contributed by atoms with Gasteiger partial charge in [0.2, 0.25) is 0 Å². The van der Waals surface area contributed by atoms with Gasteiger partial charge in [0.05, 0.1) is 10.5 Å². The van der Waals surface area contributed by atoms with Crippen molar-refractivity contribution in [3.05, 3.63) is 39.7 Å². The zero-order chi connectivity index (χ0) is 11.8. The molecule has 5 heteroatoms. The van der Waals surface area contributed by atoms with Gasteiger partial charge in [-0.15, -0.1) is 0 Å². The second kappa shape index (κ2) is 3.83. The van der Waals surface area contributed by atoms with Crippen molar-refractivity contribution in [1.82, 2.24) is 0 Å². The fourth-order valence-corrected chi connectivity index (χ4v) is 1.69. The summed E-state index contributed by atoms with van der Waals surface area (Å²) in [6.07, 6.45) is 2.26. The topological polar surface area (TPSA) is 63.4 Å². The Kier molecular flexibility index (Phi) is 2.63. The summed E-state index contributed by atoms with van der Waals surface area (Å²) in [6, 6.07) is 3.42. The van der Waals surface area contributed by atoms with E-state index >= 15 is 0 Å². The molecular formula is C11H12FNO3. The van der Waals surface area contributed by atoms with Gasteiger partial charge in [-0.25, -0.2) is 4.39 Å². The highest BCUT2D eigenvalue weighted by molar-refractivity contribution is 5.40. The SMILES string of the molecule is O=[N+]([O-])c1ccc(F)cc1CCC1(O)CC1. The van der Waals surface area contributed by atoms with Crippen LogP contribution in [0.15, 0.2) is 18.2 Å². The van der Waals surface area contributed by atoms with Crippen molar-refractivity contribution in [1.29, 1.82) is 0 Å². The van der Waals surface area contributed by atoms with E-state index in [-0.39, 0.29) is 5.69 Å². The van der Waals surface area contributed by atoms with Gasteiger partial charge in [0.15, 0.2) is 0 Å². The first kappa shape index (κ1) is 11.0. The molecule has 0 atom stereocenters. The summed E-state index contributed by atoms with van der Waals surface area (Å²) in [6.45, 7) is 0. The van der Waals surface area contributed by atoms with Gasteiger partial charge in [0, 0.05) is 11.6 Å². The molecule has 0 radical (unpaired) electrons. The predicted octanol–water partition coefficient (Wildman–Crippen LogP) is 2.19. The molecule has 0 amide bonds. The Hall–Kier alpha value is -1.49. The average molecular weight is 225 g/mol. The van der Waals surface area contributed by atoms with E-state index in [0.717, 1.165) is 18.9 Å². The van der Waals surface area contributed by atoms with Gasteiger partial charge in [-0.1, -0.05) is 0 Å². The summed E-state index contributed by atoms with van der Waals surface area (Å²) >= 11 is 0. The molecule has 0 aromatic heterocycles. The Morgan fingerprint density at radius 1 is 1.50 bits per heavy atom. The lowest BCUT2D eigenvalue weighted by Crippen LogP contribution is -2.08. The molecular weight excluding hydrogens is 213 g/mol. The van der Waals surface area contributed by atoms with Crippen LogP contribution < -0.4 is 0 Å². The van der Waals surface area contributed by atoms with Crippen LogP contribution in [0.3, 0.4) is 0 Å². The highest BCUT2D eigenvalue weighted by Gasteiger charge is 2.39. The number of hydrogen-bond donors (Lipinski definition) is 1. The molecule has 0 bridgehead atoms. The van der Waals surface area contributed by atoms with Crippen LogP contribution in [0, 0.1) is 15.9 Å². The number of nitro groups is 1. The van der Waals surface area contributed by atoms with Crippen molar-refractivity contribution in [2.45, 2.75) is 31.3 Å². The maximum Gasteiger partial charge on any atom is 0.272 e. The Bertz CT molecular complexity index is 429. The van der Waals surface area contributed by atoms with Gasteiger partial charge in [0.1, 0.15) is 5.82 Å². The molecule has 0 saturated heterocycles. The number of benzene rings is 1. The molecule has 0 spiro atoms. The summed E-state index contributed by atoms with van der Waals surface area (Å²) in [5, 5.41) is 20.3. The highest BCUT2D eigenvalue weighted by Crippen LogP contribution is 2.39. The third-order valence-electron chi connectivity index (χ3n) is 2.93. The Balaban J connectivity index is 2.16. The van der Waals surface area contributed by atoms with Crippen molar-refractivity contribution < 1.29 is 14.4 Å². The molecule has 1 aliphatic carbocycles. The van der Waals surface area contributed by atoms with Crippen molar-refractivity contribution in [3.8, 4) is 0 Å². The summed E-state index contributed by atoms with van der Waals surface area (Å²) in [4.78, 5) is 10.2. The molecule has 0 unspecified atom stereocenters. The van der Waals surface area contributed by atoms with Gasteiger partial charge < -0.3 is 5.11 Å². The largest absolute Gasteiger partial charge is 0.390 e. The first-order chi connectivity index (χ1) is 7.50. The number of aryl methyl sites for hydroxylation is 1. The number of halogens is 1. The van der Waals surface area contributed by atoms with Crippen LogP contribution in [-0.4, -0.2) is 15.6 Å². The average Bonchev–Trinajstić information content (AvgIpc) is 2.94. The van der Waals surface area contributed by atoms with Crippen LogP contribution in [0.25, 0.3) is 0 Å². The zero-order valence-corrected chi connectivity index (χ0v) is 8.65. The second-order valence-corrected chi connectivity index (χ2v) is 4.25. The number of nitro benzene ring substituents is 1. The smallest absolute Gasteiger partial charge is 0.272 e. The van der Waals surface area contributed by atoms with Crippen molar-refractivity contribution in [3.63, 3.8) is 0 Å². The summed E-state index contributed by atoms with van der Waals surface area (Å²) in [5.74, 6) is -0.483. The number of rotatable bonds is 4. The second-order valence-electron chi connectivity index (χ2n) is 4.25. The minimum Gasteiger partial charge on any atom is -0.390 e. The molecule has 2 rings (SSSR count). The van der Waals surface area contributed by atoms with E-state index in [2.05, 4.69) is 0 Å². The monoisotopic (exact) mass is 225 g/mol. The molecule has 1 N–H and O–H groups in total. The van der Waals surface area contributed by atoms with Crippen LogP contribution in [0.5, 0.6) is 0 Å². The van der Waals surface area contributed by atoms with E-state index in [1.54, 1.807) is 0 Å². The quantitative estimate of drug-likeness (QED) is 0.631. The van der Waals surface area contributed by atoms with E-state index in [9.17, 15) is 19.6 Å². The van der Waals surface area contributed by atoms with Gasteiger partial charge >= 0.3 is 0 Å². The molecule has 86 valence electrons. The third kappa shape index (κ3) is 2.36. The van der Waals surface area contributed by atoms with E-state index < -0.39 is 16.3 Å². The fourth-order valence-electron chi connectivity index (χ4n) is 1.69. The van der Waals surface area contributed by atoms with Crippen molar-refractivity contribution in [2.75, 3.05) is 0 Å². The number of hydrogen-bond acceptors (Lipinski definition) is 3. The normalized spacial score (nSPS) is 17.1. The van der Waals surface area contributed by atoms with Crippen LogP contribution >= 0.6 is 0 Å². The fraction of sp³-hybridized carbons (Fsp3) is 0.455. The Labute approximate surface area is 91.9 Å². The lowest BCUT2D eigenvalue weighted by Gasteiger charge is -2.07. The molecule has 1 saturated carbocycles. The number of aliphatic hydroxyl groups is 1. The van der Waals surface area contributed by atoms with Crippen molar-refractivity contribution in [2.24, 2.45) is 0 Å². The molecule has 1 aromatic carbocycles. The summed E-state index contributed by atoms with van der Waals surface area (Å²) in [7, 11) is 0. The standard InChI is InChI=1S/C11H12FNO3/c12-9-1-2-10(13(15)16)8(7-9)3-4-11(14)5-6-11/h1-2,7,14H,3-6H2. The lowest BCUT2D eigenvalue weighted by molar-refractivity contribution is -0.385. The molecule has 0 heterocycles. The Morgan fingerprint density at radius 2 is 2.19 bits per heavy atom. The van der Waals surface area contributed by atoms with E-state index in [1.807, 2.05) is 0 Å². The van der Waals surface area contributed by atoms with E-state index in [0.29, 0.717) is 18.4 Å². The van der Waals surface area contributed by atoms with Crippen molar-refractivity contribution >= 4 is 5.69 Å². The third-order valence-corrected chi connectivity index (χ3v) is 2.93. The van der Waals surface area contributed by atoms with E-state index in [4.69, 9.17) is 0 Å². The maximum atomic E-state index is 13.0. The number of nitrogens with zero attached hydrogens (tertiary/aromatic N) is 1. The lowest BCUT2D eigenvalue weighted by atomic mass is 10.0. The first-order valence-electron chi connectivity index (χ1n) is 5.15.